The van der Waals surface area contributed by atoms with Gasteiger partial charge in [0, 0.05) is 41.8 Å². The van der Waals surface area contributed by atoms with Crippen molar-refractivity contribution in [2.75, 3.05) is 6.61 Å². The van der Waals surface area contributed by atoms with Gasteiger partial charge in [0.2, 0.25) is 0 Å². The van der Waals surface area contributed by atoms with Crippen LogP contribution in [0.5, 0.6) is 0 Å². The molecular formula is C29H26N4O3. The molecule has 5 rings (SSSR count). The molecule has 3 heterocycles. The Balaban J connectivity index is 1.24. The molecule has 36 heavy (non-hydrogen) atoms. The summed E-state index contributed by atoms with van der Waals surface area (Å²) in [6, 6.07) is 19.1. The van der Waals surface area contributed by atoms with E-state index < -0.39 is 0 Å². The van der Waals surface area contributed by atoms with Gasteiger partial charge in [0.1, 0.15) is 17.6 Å². The zero-order valence-electron chi connectivity index (χ0n) is 20.1. The predicted octanol–water partition coefficient (Wildman–Crippen LogP) is 5.46. The maximum absolute atomic E-state index is 9.03. The topological polar surface area (TPSA) is 86.1 Å². The molecule has 1 aliphatic heterocycles. The van der Waals surface area contributed by atoms with Crippen LogP contribution in [-0.2, 0) is 16.0 Å². The Hall–Kier alpha value is -4.17. The number of nitriles is 1. The molecule has 7 nitrogen and oxygen atoms in total. The minimum atomic E-state index is -0.189. The quantitative estimate of drug-likeness (QED) is 0.342. The minimum absolute atomic E-state index is 0.173. The Morgan fingerprint density at radius 3 is 2.72 bits per heavy atom. The second kappa shape index (κ2) is 11.0. The summed E-state index contributed by atoms with van der Waals surface area (Å²) in [5.74, 6) is 7.75. The normalized spacial score (nSPS) is 16.1. The zero-order valence-corrected chi connectivity index (χ0v) is 20.1. The number of nitrogens with zero attached hydrogens (tertiary/aromatic N) is 4. The molecule has 4 aromatic rings. The van der Waals surface area contributed by atoms with Crippen LogP contribution in [0.4, 0.5) is 0 Å². The summed E-state index contributed by atoms with van der Waals surface area (Å²) in [5.41, 5.74) is 4.00. The molecule has 0 spiro atoms. The van der Waals surface area contributed by atoms with E-state index in [-0.39, 0.29) is 12.4 Å². The van der Waals surface area contributed by atoms with Crippen molar-refractivity contribution in [3.8, 4) is 29.2 Å². The summed E-state index contributed by atoms with van der Waals surface area (Å²) < 4.78 is 19.4. The first kappa shape index (κ1) is 23.6. The Labute approximate surface area is 210 Å². The largest absolute Gasteiger partial charge is 0.356 e. The number of ether oxygens (including phenoxy) is 2. The van der Waals surface area contributed by atoms with Gasteiger partial charge in [0.15, 0.2) is 12.1 Å². The number of hydrogen-bond donors (Lipinski definition) is 0. The Morgan fingerprint density at radius 1 is 1.08 bits per heavy atom. The summed E-state index contributed by atoms with van der Waals surface area (Å²) in [6.45, 7) is 3.27. The fourth-order valence-electron chi connectivity index (χ4n) is 4.15. The van der Waals surface area contributed by atoms with Gasteiger partial charge in [-0.15, -0.1) is 0 Å². The fraction of sp³-hybridized carbons (Fsp3) is 0.276. The molecule has 2 aromatic heterocycles. The van der Waals surface area contributed by atoms with Gasteiger partial charge in [0.05, 0.1) is 18.2 Å². The van der Waals surface area contributed by atoms with E-state index in [0.717, 1.165) is 54.1 Å². The minimum Gasteiger partial charge on any atom is -0.356 e. The number of benzene rings is 2. The standard InChI is InChI=1S/C29H26N4O3/c1-21(35-28-7-2-3-16-34-28)29-31-14-15-33(29)20-26-18-27(36-32-26)25-12-10-22(11-13-25)8-9-23-5-4-6-24(17-23)19-30/h4-6,10-15,17-18,21,28H,2-3,7,16,20H2,1H3/t21-,28?/m0/s1. The van der Waals surface area contributed by atoms with Crippen LogP contribution in [-0.4, -0.2) is 27.6 Å². The van der Waals surface area contributed by atoms with Gasteiger partial charge in [-0.2, -0.15) is 5.26 Å². The van der Waals surface area contributed by atoms with Gasteiger partial charge in [0.25, 0.3) is 0 Å². The lowest BCUT2D eigenvalue weighted by Crippen LogP contribution is -2.24. The number of aromatic nitrogens is 3. The van der Waals surface area contributed by atoms with Crippen LogP contribution < -0.4 is 0 Å². The van der Waals surface area contributed by atoms with E-state index in [4.69, 9.17) is 19.3 Å². The van der Waals surface area contributed by atoms with E-state index in [2.05, 4.69) is 28.1 Å². The molecule has 0 radical (unpaired) electrons. The van der Waals surface area contributed by atoms with Gasteiger partial charge in [-0.3, -0.25) is 0 Å². The molecule has 0 aliphatic carbocycles. The molecule has 7 heteroatoms. The van der Waals surface area contributed by atoms with Gasteiger partial charge in [-0.05, 0) is 68.7 Å². The lowest BCUT2D eigenvalue weighted by atomic mass is 10.1. The SMILES string of the molecule is C[C@H](OC1CCCCO1)c1nccn1Cc1cc(-c2ccc(C#Cc3cccc(C#N)c3)cc2)on1. The van der Waals surface area contributed by atoms with Gasteiger partial charge in [-0.1, -0.05) is 23.1 Å². The van der Waals surface area contributed by atoms with E-state index in [0.29, 0.717) is 17.9 Å². The highest BCUT2D eigenvalue weighted by atomic mass is 16.7. The van der Waals surface area contributed by atoms with E-state index in [9.17, 15) is 0 Å². The Bertz CT molecular complexity index is 1410. The van der Waals surface area contributed by atoms with Crippen molar-refractivity contribution in [1.29, 1.82) is 5.26 Å². The van der Waals surface area contributed by atoms with E-state index in [1.807, 2.05) is 60.2 Å². The lowest BCUT2D eigenvalue weighted by Gasteiger charge is -2.26. The van der Waals surface area contributed by atoms with Crippen molar-refractivity contribution < 1.29 is 14.0 Å². The summed E-state index contributed by atoms with van der Waals surface area (Å²) in [4.78, 5) is 4.50. The molecule has 2 aromatic carbocycles. The van der Waals surface area contributed by atoms with Crippen LogP contribution in [0.2, 0.25) is 0 Å². The molecule has 180 valence electrons. The second-order valence-electron chi connectivity index (χ2n) is 8.69. The third kappa shape index (κ3) is 5.72. The lowest BCUT2D eigenvalue weighted by molar-refractivity contribution is -0.188. The molecule has 1 unspecified atom stereocenters. The Morgan fingerprint density at radius 2 is 1.92 bits per heavy atom. The molecule has 0 amide bonds. The molecule has 1 aliphatic rings. The molecule has 0 bridgehead atoms. The van der Waals surface area contributed by atoms with Crippen LogP contribution in [0, 0.1) is 23.2 Å². The van der Waals surface area contributed by atoms with Crippen molar-refractivity contribution in [1.82, 2.24) is 14.7 Å². The number of hydrogen-bond acceptors (Lipinski definition) is 6. The predicted molar refractivity (Wildman–Crippen MR) is 133 cm³/mol. The number of imidazole rings is 1. The zero-order chi connectivity index (χ0) is 24.7. The van der Waals surface area contributed by atoms with Crippen molar-refractivity contribution >= 4 is 0 Å². The van der Waals surface area contributed by atoms with Crippen molar-refractivity contribution in [3.05, 3.63) is 95.2 Å². The first-order chi connectivity index (χ1) is 17.7. The molecule has 2 atom stereocenters. The Kier molecular flexibility index (Phi) is 7.23. The van der Waals surface area contributed by atoms with Crippen molar-refractivity contribution in [2.24, 2.45) is 0 Å². The first-order valence-corrected chi connectivity index (χ1v) is 12.0. The van der Waals surface area contributed by atoms with Gasteiger partial charge in [-0.25, -0.2) is 4.98 Å². The summed E-state index contributed by atoms with van der Waals surface area (Å²) in [6.07, 6.45) is 6.46. The molecule has 0 N–H and O–H groups in total. The molecule has 0 saturated carbocycles. The van der Waals surface area contributed by atoms with E-state index in [1.165, 1.54) is 0 Å². The fourth-order valence-corrected chi connectivity index (χ4v) is 4.15. The monoisotopic (exact) mass is 478 g/mol. The highest BCUT2D eigenvalue weighted by Crippen LogP contribution is 2.25. The van der Waals surface area contributed by atoms with Gasteiger partial charge < -0.3 is 18.6 Å². The summed E-state index contributed by atoms with van der Waals surface area (Å²) in [5, 5.41) is 13.3. The first-order valence-electron chi connectivity index (χ1n) is 12.0. The van der Waals surface area contributed by atoms with Crippen molar-refractivity contribution in [3.63, 3.8) is 0 Å². The second-order valence-corrected chi connectivity index (χ2v) is 8.69. The maximum Gasteiger partial charge on any atom is 0.167 e. The average molecular weight is 479 g/mol. The number of rotatable bonds is 6. The van der Waals surface area contributed by atoms with Gasteiger partial charge >= 0.3 is 0 Å². The molecule has 1 fully saturated rings. The van der Waals surface area contributed by atoms with Crippen LogP contribution in [0.1, 0.15) is 60.5 Å². The highest BCUT2D eigenvalue weighted by molar-refractivity contribution is 5.59. The summed E-state index contributed by atoms with van der Waals surface area (Å²) in [7, 11) is 0. The summed E-state index contributed by atoms with van der Waals surface area (Å²) >= 11 is 0. The average Bonchev–Trinajstić information content (AvgIpc) is 3.59. The van der Waals surface area contributed by atoms with E-state index in [1.54, 1.807) is 18.3 Å². The molecule has 1 saturated heterocycles. The maximum atomic E-state index is 9.03. The van der Waals surface area contributed by atoms with E-state index >= 15 is 0 Å². The van der Waals surface area contributed by atoms with Crippen LogP contribution in [0.25, 0.3) is 11.3 Å². The molecular weight excluding hydrogens is 452 g/mol. The van der Waals surface area contributed by atoms with Crippen LogP contribution in [0.3, 0.4) is 0 Å². The third-order valence-corrected chi connectivity index (χ3v) is 6.01. The smallest absolute Gasteiger partial charge is 0.167 e. The highest BCUT2D eigenvalue weighted by Gasteiger charge is 2.21. The van der Waals surface area contributed by atoms with Crippen LogP contribution in [0.15, 0.2) is 71.5 Å². The van der Waals surface area contributed by atoms with Crippen molar-refractivity contribution in [2.45, 2.75) is 45.1 Å². The van der Waals surface area contributed by atoms with Crippen LogP contribution >= 0.6 is 0 Å². The third-order valence-electron chi connectivity index (χ3n) is 6.01.